The third-order valence-corrected chi connectivity index (χ3v) is 4.93. The zero-order chi connectivity index (χ0) is 19.1. The van der Waals surface area contributed by atoms with E-state index in [0.29, 0.717) is 21.4 Å². The van der Waals surface area contributed by atoms with E-state index in [-0.39, 0.29) is 12.0 Å². The summed E-state index contributed by atoms with van der Waals surface area (Å²) < 4.78 is 0. The number of hydrogen-bond donors (Lipinski definition) is 1. The van der Waals surface area contributed by atoms with Gasteiger partial charge in [0.05, 0.1) is 5.56 Å². The van der Waals surface area contributed by atoms with Crippen LogP contribution in [0.3, 0.4) is 0 Å². The van der Waals surface area contributed by atoms with Gasteiger partial charge in [-0.15, -0.1) is 0 Å². The number of hydrogen-bond acceptors (Lipinski definition) is 3. The van der Waals surface area contributed by atoms with Crippen LogP contribution in [0.25, 0.3) is 10.8 Å². The number of imide groups is 1. The molecule has 0 spiro atoms. The van der Waals surface area contributed by atoms with Gasteiger partial charge in [-0.2, -0.15) is 0 Å². The molecule has 0 bridgehead atoms. The molecule has 0 radical (unpaired) electrons. The van der Waals surface area contributed by atoms with Gasteiger partial charge in [0, 0.05) is 22.4 Å². The van der Waals surface area contributed by atoms with Gasteiger partial charge in [0.2, 0.25) is 0 Å². The first kappa shape index (κ1) is 17.2. The van der Waals surface area contributed by atoms with Crippen molar-refractivity contribution in [3.8, 4) is 0 Å². The monoisotopic (exact) mass is 379 g/mol. The van der Waals surface area contributed by atoms with Gasteiger partial charge in [0.25, 0.3) is 11.8 Å². The highest BCUT2D eigenvalue weighted by molar-refractivity contribution is 6.34. The maximum absolute atomic E-state index is 13.1. The number of carbonyl (C=O) groups excluding carboxylic acids is 2. The summed E-state index contributed by atoms with van der Waals surface area (Å²) in [6, 6.07) is 15.8. The van der Waals surface area contributed by atoms with E-state index in [1.165, 1.54) is 6.07 Å². The van der Waals surface area contributed by atoms with Gasteiger partial charge in [-0.05, 0) is 29.1 Å². The molecule has 0 fully saturated rings. The Morgan fingerprint density at radius 1 is 0.963 bits per heavy atom. The number of carbonyl (C=O) groups is 3. The van der Waals surface area contributed by atoms with Crippen LogP contribution in [0, 0.1) is 0 Å². The number of carboxylic acids is 1. The van der Waals surface area contributed by atoms with Crippen LogP contribution >= 0.6 is 11.6 Å². The highest BCUT2D eigenvalue weighted by atomic mass is 35.5. The first-order chi connectivity index (χ1) is 13.0. The Morgan fingerprint density at radius 3 is 2.37 bits per heavy atom. The molecule has 27 heavy (non-hydrogen) atoms. The standard InChI is InChI=1S/C21H14ClNO4/c22-14-10-13-7-4-8-15-18(13)16(11-14)20(25)23(19(15)24)17(21(26)27)9-12-5-2-1-3-6-12/h1-8,10-11,17H,9H2,(H,26,27)/t17-/m0/s1. The van der Waals surface area contributed by atoms with Crippen molar-refractivity contribution in [2.75, 3.05) is 0 Å². The lowest BCUT2D eigenvalue weighted by Crippen LogP contribution is -2.51. The zero-order valence-corrected chi connectivity index (χ0v) is 14.8. The molecular formula is C21H14ClNO4. The van der Waals surface area contributed by atoms with E-state index >= 15 is 0 Å². The Balaban J connectivity index is 1.85. The van der Waals surface area contributed by atoms with Crippen LogP contribution in [0.5, 0.6) is 0 Å². The van der Waals surface area contributed by atoms with Crippen molar-refractivity contribution < 1.29 is 19.5 Å². The number of carboxylic acid groups (broad SMARTS) is 1. The molecule has 0 unspecified atom stereocenters. The van der Waals surface area contributed by atoms with Crippen LogP contribution in [0.1, 0.15) is 26.3 Å². The molecule has 1 aliphatic heterocycles. The van der Waals surface area contributed by atoms with E-state index in [1.807, 2.05) is 6.07 Å². The molecule has 4 rings (SSSR count). The predicted octanol–water partition coefficient (Wildman–Crippen LogP) is 3.79. The van der Waals surface area contributed by atoms with Crippen molar-refractivity contribution >= 4 is 40.2 Å². The molecule has 5 nitrogen and oxygen atoms in total. The molecular weight excluding hydrogens is 366 g/mol. The largest absolute Gasteiger partial charge is 0.480 e. The van der Waals surface area contributed by atoms with Crippen LogP contribution < -0.4 is 0 Å². The summed E-state index contributed by atoms with van der Waals surface area (Å²) in [4.78, 5) is 38.9. The third kappa shape index (κ3) is 2.86. The highest BCUT2D eigenvalue weighted by Crippen LogP contribution is 2.34. The first-order valence-electron chi connectivity index (χ1n) is 8.34. The van der Waals surface area contributed by atoms with Gasteiger partial charge in [0.1, 0.15) is 6.04 Å². The van der Waals surface area contributed by atoms with Gasteiger partial charge in [0.15, 0.2) is 0 Å². The second-order valence-corrected chi connectivity index (χ2v) is 6.82. The molecule has 134 valence electrons. The number of amides is 2. The lowest BCUT2D eigenvalue weighted by molar-refractivity contribution is -0.141. The fourth-order valence-electron chi connectivity index (χ4n) is 3.50. The van der Waals surface area contributed by atoms with Crippen LogP contribution in [0.4, 0.5) is 0 Å². The van der Waals surface area contributed by atoms with E-state index in [9.17, 15) is 19.5 Å². The number of halogens is 1. The minimum absolute atomic E-state index is 0.0273. The smallest absolute Gasteiger partial charge is 0.327 e. The SMILES string of the molecule is O=C(O)[C@H](Cc1ccccc1)N1C(=O)c2cccc3cc(Cl)cc(c23)C1=O. The molecule has 0 aliphatic carbocycles. The van der Waals surface area contributed by atoms with E-state index in [1.54, 1.807) is 48.5 Å². The van der Waals surface area contributed by atoms with Crippen molar-refractivity contribution in [2.45, 2.75) is 12.5 Å². The van der Waals surface area contributed by atoms with Crippen molar-refractivity contribution in [3.05, 3.63) is 82.4 Å². The zero-order valence-electron chi connectivity index (χ0n) is 14.1. The van der Waals surface area contributed by atoms with E-state index in [2.05, 4.69) is 0 Å². The summed E-state index contributed by atoms with van der Waals surface area (Å²) in [5.41, 5.74) is 1.27. The normalized spacial score (nSPS) is 14.5. The average Bonchev–Trinajstić information content (AvgIpc) is 2.65. The van der Waals surface area contributed by atoms with Gasteiger partial charge in [-0.3, -0.25) is 14.5 Å². The second-order valence-electron chi connectivity index (χ2n) is 6.38. The van der Waals surface area contributed by atoms with Crippen molar-refractivity contribution in [3.63, 3.8) is 0 Å². The van der Waals surface area contributed by atoms with E-state index in [4.69, 9.17) is 11.6 Å². The number of aliphatic carboxylic acids is 1. The van der Waals surface area contributed by atoms with Crippen molar-refractivity contribution in [1.82, 2.24) is 4.90 Å². The van der Waals surface area contributed by atoms with Crippen molar-refractivity contribution in [2.24, 2.45) is 0 Å². The predicted molar refractivity (Wildman–Crippen MR) is 101 cm³/mol. The number of rotatable bonds is 4. The van der Waals surface area contributed by atoms with Crippen molar-refractivity contribution in [1.29, 1.82) is 0 Å². The molecule has 1 aliphatic rings. The summed E-state index contributed by atoms with van der Waals surface area (Å²) in [5, 5.41) is 11.3. The Kier molecular flexibility index (Phi) is 4.16. The van der Waals surface area contributed by atoms with E-state index < -0.39 is 23.8 Å². The molecule has 3 aromatic rings. The summed E-state index contributed by atoms with van der Waals surface area (Å²) in [7, 11) is 0. The van der Waals surface area contributed by atoms with Gasteiger partial charge in [-0.25, -0.2) is 4.79 Å². The molecule has 0 aromatic heterocycles. The van der Waals surface area contributed by atoms with E-state index in [0.717, 1.165) is 10.5 Å². The van der Waals surface area contributed by atoms with Gasteiger partial charge in [-0.1, -0.05) is 54.1 Å². The molecule has 6 heteroatoms. The van der Waals surface area contributed by atoms with Crippen LogP contribution in [0.2, 0.25) is 5.02 Å². The summed E-state index contributed by atoms with van der Waals surface area (Å²) in [6.07, 6.45) is 0.0273. The Labute approximate surface area is 159 Å². The van der Waals surface area contributed by atoms with Gasteiger partial charge >= 0.3 is 5.97 Å². The van der Waals surface area contributed by atoms with Crippen LogP contribution in [0.15, 0.2) is 60.7 Å². The molecule has 1 atom stereocenters. The number of benzene rings is 3. The minimum Gasteiger partial charge on any atom is -0.480 e. The Hall–Kier alpha value is -3.18. The third-order valence-electron chi connectivity index (χ3n) is 4.71. The maximum atomic E-state index is 13.1. The van der Waals surface area contributed by atoms with Crippen LogP contribution in [-0.2, 0) is 11.2 Å². The highest BCUT2D eigenvalue weighted by Gasteiger charge is 2.40. The molecule has 0 saturated heterocycles. The molecule has 1 N–H and O–H groups in total. The fraction of sp³-hybridized carbons (Fsp3) is 0.0952. The molecule has 2 amide bonds. The molecule has 3 aromatic carbocycles. The lowest BCUT2D eigenvalue weighted by atomic mass is 9.92. The van der Waals surface area contributed by atoms with Crippen LogP contribution in [-0.4, -0.2) is 33.8 Å². The summed E-state index contributed by atoms with van der Waals surface area (Å²) in [5.74, 6) is -2.49. The summed E-state index contributed by atoms with van der Waals surface area (Å²) >= 11 is 6.13. The Morgan fingerprint density at radius 2 is 1.67 bits per heavy atom. The average molecular weight is 380 g/mol. The fourth-order valence-corrected chi connectivity index (χ4v) is 3.73. The summed E-state index contributed by atoms with van der Waals surface area (Å²) in [6.45, 7) is 0. The van der Waals surface area contributed by atoms with Gasteiger partial charge < -0.3 is 5.11 Å². The number of nitrogens with zero attached hydrogens (tertiary/aromatic N) is 1. The Bertz CT molecular complexity index is 1090. The molecule has 0 saturated carbocycles. The lowest BCUT2D eigenvalue weighted by Gasteiger charge is -2.31. The maximum Gasteiger partial charge on any atom is 0.327 e. The minimum atomic E-state index is -1.31. The molecule has 1 heterocycles. The first-order valence-corrected chi connectivity index (χ1v) is 8.72. The topological polar surface area (TPSA) is 74.7 Å². The second kappa shape index (κ2) is 6.52. The quantitative estimate of drug-likeness (QED) is 0.700.